The van der Waals surface area contributed by atoms with Gasteiger partial charge in [-0.15, -0.1) is 0 Å². The average molecular weight is 487 g/mol. The van der Waals surface area contributed by atoms with E-state index in [0.29, 0.717) is 0 Å². The van der Waals surface area contributed by atoms with Crippen LogP contribution in [0.3, 0.4) is 0 Å². The summed E-state index contributed by atoms with van der Waals surface area (Å²) in [5, 5.41) is 10.3. The summed E-state index contributed by atoms with van der Waals surface area (Å²) in [6.45, 7) is 2.30. The van der Waals surface area contributed by atoms with Gasteiger partial charge in [0.15, 0.2) is 0 Å². The first-order chi connectivity index (χ1) is 16.8. The van der Waals surface area contributed by atoms with Gasteiger partial charge in [-0.25, -0.2) is 0 Å². The first-order valence-corrected chi connectivity index (χ1v) is 16.0. The third-order valence-electron chi connectivity index (χ3n) is 7.48. The number of carboxylic acid groups (broad SMARTS) is 1. The Morgan fingerprint density at radius 1 is 0.371 bits per heavy atom. The van der Waals surface area contributed by atoms with Gasteiger partial charge >= 0.3 is 18.9 Å². The molecule has 0 rings (SSSR count). The van der Waals surface area contributed by atoms with Crippen molar-refractivity contribution in [2.45, 2.75) is 200 Å². The Hall–Kier alpha value is 0.0674. The van der Waals surface area contributed by atoms with Gasteiger partial charge in [0.2, 0.25) is 0 Å². The second-order valence-corrected chi connectivity index (χ2v) is 11.0. The number of carboxylic acids is 1. The number of hydrogen-bond acceptors (Lipinski definition) is 2. The van der Waals surface area contributed by atoms with Gasteiger partial charge in [0.1, 0.15) is 0 Å². The third kappa shape index (κ3) is 36.3. The quantitative estimate of drug-likeness (QED) is 0.0780. The first kappa shape index (κ1) is 37.2. The van der Waals surface area contributed by atoms with Crippen molar-refractivity contribution >= 4 is 5.97 Å². The molecule has 0 saturated heterocycles. The van der Waals surface area contributed by atoms with Crippen LogP contribution in [0.4, 0.5) is 0 Å². The molecule has 0 aromatic carbocycles. The largest absolute Gasteiger partial charge is 1.00 e. The second-order valence-electron chi connectivity index (χ2n) is 11.0. The summed E-state index contributed by atoms with van der Waals surface area (Å²) in [6.07, 6.45) is 40.6. The molecule has 35 heavy (non-hydrogen) atoms. The number of carbonyl (C=O) groups is 1. The molecule has 204 valence electrons. The molecule has 0 aliphatic rings. The monoisotopic (exact) mass is 486 g/mol. The van der Waals surface area contributed by atoms with Crippen molar-refractivity contribution in [2.24, 2.45) is 0 Å². The molecule has 0 aliphatic carbocycles. The fourth-order valence-corrected chi connectivity index (χ4v) is 5.12. The van der Waals surface area contributed by atoms with Crippen molar-refractivity contribution in [3.05, 3.63) is 0 Å². The minimum Gasteiger partial charge on any atom is -0.550 e. The molecule has 0 radical (unpaired) electrons. The molecule has 0 amide bonds. The van der Waals surface area contributed by atoms with Gasteiger partial charge in [0.05, 0.1) is 0 Å². The van der Waals surface area contributed by atoms with Crippen LogP contribution in [0.25, 0.3) is 0 Å². The maximum Gasteiger partial charge on any atom is 1.00 e. The summed E-state index contributed by atoms with van der Waals surface area (Å²) < 4.78 is 0. The van der Waals surface area contributed by atoms with Crippen molar-refractivity contribution in [1.82, 2.24) is 0 Å². The Kier molecular flexibility index (Phi) is 36.2. The molecule has 0 N–H and O–H groups in total. The molecule has 0 fully saturated rings. The zero-order valence-corrected chi connectivity index (χ0v) is 24.5. The maximum atomic E-state index is 10.3. The second kappa shape index (κ2) is 34.1. The number of aliphatic carboxylic acids is 1. The van der Waals surface area contributed by atoms with Gasteiger partial charge in [0, 0.05) is 5.97 Å². The smallest absolute Gasteiger partial charge is 0.550 e. The minimum absolute atomic E-state index is 0. The molecule has 0 aromatic heterocycles. The molecular formula is C32H63LiO2. The minimum atomic E-state index is -0.898. The number of unbranched alkanes of at least 4 members (excludes halogenated alkanes) is 28. The fraction of sp³-hybridized carbons (Fsp3) is 0.969. The van der Waals surface area contributed by atoms with Crippen LogP contribution in [-0.2, 0) is 4.79 Å². The van der Waals surface area contributed by atoms with E-state index in [1.165, 1.54) is 173 Å². The Balaban J connectivity index is 0. The van der Waals surface area contributed by atoms with Crippen LogP contribution < -0.4 is 24.0 Å². The SMILES string of the molecule is CCCCCCCCCCCCCCCCCCCCCCCCCCCCCCCC(=O)[O-].[Li+]. The van der Waals surface area contributed by atoms with Crippen LogP contribution in [0, 0.1) is 0 Å². The van der Waals surface area contributed by atoms with Crippen molar-refractivity contribution in [3.63, 3.8) is 0 Å². The van der Waals surface area contributed by atoms with Gasteiger partial charge in [-0.1, -0.05) is 187 Å². The Morgan fingerprint density at radius 3 is 0.714 bits per heavy atom. The molecule has 0 heterocycles. The maximum absolute atomic E-state index is 10.3. The van der Waals surface area contributed by atoms with E-state index in [0.717, 1.165) is 12.8 Å². The van der Waals surface area contributed by atoms with E-state index < -0.39 is 5.97 Å². The van der Waals surface area contributed by atoms with E-state index >= 15 is 0 Å². The van der Waals surface area contributed by atoms with E-state index in [2.05, 4.69) is 6.92 Å². The Bertz CT molecular complexity index is 386. The summed E-state index contributed by atoms with van der Waals surface area (Å²) in [7, 11) is 0. The van der Waals surface area contributed by atoms with Gasteiger partial charge in [0.25, 0.3) is 0 Å². The van der Waals surface area contributed by atoms with Crippen molar-refractivity contribution in [2.75, 3.05) is 0 Å². The molecule has 0 aliphatic heterocycles. The fourth-order valence-electron chi connectivity index (χ4n) is 5.12. The molecule has 0 bridgehead atoms. The normalized spacial score (nSPS) is 11.0. The van der Waals surface area contributed by atoms with E-state index in [4.69, 9.17) is 0 Å². The van der Waals surface area contributed by atoms with Gasteiger partial charge in [-0.05, 0) is 12.8 Å². The van der Waals surface area contributed by atoms with Crippen LogP contribution >= 0.6 is 0 Å². The van der Waals surface area contributed by atoms with Crippen LogP contribution in [0.1, 0.15) is 200 Å². The van der Waals surface area contributed by atoms with E-state index in [1.54, 1.807) is 0 Å². The van der Waals surface area contributed by atoms with Crippen LogP contribution in [-0.4, -0.2) is 5.97 Å². The van der Waals surface area contributed by atoms with Gasteiger partial charge in [-0.2, -0.15) is 0 Å². The predicted octanol–water partition coefficient (Wildman–Crippen LogP) is 7.46. The topological polar surface area (TPSA) is 40.1 Å². The summed E-state index contributed by atoms with van der Waals surface area (Å²) >= 11 is 0. The number of rotatable bonds is 30. The van der Waals surface area contributed by atoms with E-state index in [-0.39, 0.29) is 25.3 Å². The van der Waals surface area contributed by atoms with Gasteiger partial charge in [-0.3, -0.25) is 0 Å². The predicted molar refractivity (Wildman–Crippen MR) is 149 cm³/mol. The Morgan fingerprint density at radius 2 is 0.543 bits per heavy atom. The molecular weight excluding hydrogens is 423 g/mol. The molecule has 0 aromatic rings. The third-order valence-corrected chi connectivity index (χ3v) is 7.48. The summed E-state index contributed by atoms with van der Waals surface area (Å²) in [5.41, 5.74) is 0. The average Bonchev–Trinajstić information content (AvgIpc) is 2.83. The number of carbonyl (C=O) groups excluding carboxylic acids is 1. The molecule has 2 nitrogen and oxygen atoms in total. The van der Waals surface area contributed by atoms with E-state index in [1.807, 2.05) is 0 Å². The van der Waals surface area contributed by atoms with Crippen LogP contribution in [0.2, 0.25) is 0 Å². The van der Waals surface area contributed by atoms with Crippen LogP contribution in [0.15, 0.2) is 0 Å². The summed E-state index contributed by atoms with van der Waals surface area (Å²) in [5.74, 6) is -0.898. The molecule has 0 saturated carbocycles. The summed E-state index contributed by atoms with van der Waals surface area (Å²) in [4.78, 5) is 10.3. The molecule has 0 spiro atoms. The zero-order chi connectivity index (χ0) is 24.8. The Labute approximate surface area is 233 Å². The molecule has 0 unspecified atom stereocenters. The van der Waals surface area contributed by atoms with Gasteiger partial charge < -0.3 is 9.90 Å². The summed E-state index contributed by atoms with van der Waals surface area (Å²) in [6, 6.07) is 0. The van der Waals surface area contributed by atoms with Crippen molar-refractivity contribution < 1.29 is 28.8 Å². The first-order valence-electron chi connectivity index (χ1n) is 16.0. The zero-order valence-electron chi connectivity index (χ0n) is 24.5. The van der Waals surface area contributed by atoms with Crippen LogP contribution in [0.5, 0.6) is 0 Å². The van der Waals surface area contributed by atoms with Crippen molar-refractivity contribution in [3.8, 4) is 0 Å². The number of hydrogen-bond donors (Lipinski definition) is 0. The van der Waals surface area contributed by atoms with E-state index in [9.17, 15) is 9.90 Å². The van der Waals surface area contributed by atoms with Crippen molar-refractivity contribution in [1.29, 1.82) is 0 Å². The molecule has 3 heteroatoms. The standard InChI is InChI=1S/C32H64O2.Li/c1-2-3-4-5-6-7-8-9-10-11-12-13-14-15-16-17-18-19-20-21-22-23-24-25-26-27-28-29-30-31-32(33)34;/h2-31H2,1H3,(H,33,34);/q;+1/p-1. The molecule has 0 atom stereocenters.